The van der Waals surface area contributed by atoms with Crippen LogP contribution >= 0.6 is 0 Å². The molecule has 0 aliphatic carbocycles. The van der Waals surface area contributed by atoms with Crippen molar-refractivity contribution in [2.24, 2.45) is 0 Å². The lowest BCUT2D eigenvalue weighted by Gasteiger charge is -1.94. The molecule has 0 spiro atoms. The summed E-state index contributed by atoms with van der Waals surface area (Å²) in [6.07, 6.45) is 1.83. The van der Waals surface area contributed by atoms with Crippen LogP contribution < -0.4 is 11.5 Å². The summed E-state index contributed by atoms with van der Waals surface area (Å²) in [5, 5.41) is 0. The Kier molecular flexibility index (Phi) is 4.67. The zero-order chi connectivity index (χ0) is 11.8. The highest BCUT2D eigenvalue weighted by atomic mass is 14.7. The fourth-order valence-corrected chi connectivity index (χ4v) is 1.10. The monoisotopic (exact) mass is 212 g/mol. The largest absolute Gasteiger partial charge is 0.397 e. The Morgan fingerprint density at radius 3 is 1.50 bits per heavy atom. The highest BCUT2D eigenvalue weighted by Crippen LogP contribution is 2.10. The summed E-state index contributed by atoms with van der Waals surface area (Å²) >= 11 is 0. The lowest BCUT2D eigenvalue weighted by atomic mass is 10.2. The van der Waals surface area contributed by atoms with Gasteiger partial charge in [0.2, 0.25) is 0 Å². The van der Waals surface area contributed by atoms with Gasteiger partial charge in [-0.3, -0.25) is 0 Å². The van der Waals surface area contributed by atoms with Gasteiger partial charge in [-0.2, -0.15) is 0 Å². The number of anilines is 2. The molecule has 0 saturated carbocycles. The minimum atomic E-state index is 0.646. The fraction of sp³-hybridized carbons (Fsp3) is 0. The normalized spacial score (nSPS) is 8.75. The van der Waals surface area contributed by atoms with E-state index >= 15 is 0 Å². The van der Waals surface area contributed by atoms with Crippen molar-refractivity contribution in [2.45, 2.75) is 0 Å². The summed E-state index contributed by atoms with van der Waals surface area (Å²) < 4.78 is 0. The topological polar surface area (TPSA) is 52.0 Å². The maximum Gasteiger partial charge on any atom is 0.0547 e. The molecule has 2 aromatic carbocycles. The predicted octanol–water partition coefficient (Wildman–Crippen LogP) is 3.18. The average molecular weight is 212 g/mol. The van der Waals surface area contributed by atoms with Crippen molar-refractivity contribution in [2.75, 3.05) is 11.5 Å². The third-order valence-corrected chi connectivity index (χ3v) is 2.03. The minimum absolute atomic E-state index is 0.646. The highest BCUT2D eigenvalue weighted by molar-refractivity contribution is 5.62. The molecule has 0 fully saturated rings. The number of nitrogen functional groups attached to an aromatic ring is 2. The zero-order valence-electron chi connectivity index (χ0n) is 9.14. The summed E-state index contributed by atoms with van der Waals surface area (Å²) in [6, 6.07) is 17.3. The number of hydrogen-bond donors (Lipinski definition) is 2. The van der Waals surface area contributed by atoms with E-state index in [0.29, 0.717) is 11.4 Å². The molecule has 0 saturated heterocycles. The molecule has 82 valence electrons. The Bertz CT molecular complexity index is 414. The van der Waals surface area contributed by atoms with Crippen molar-refractivity contribution in [3.63, 3.8) is 0 Å². The van der Waals surface area contributed by atoms with Gasteiger partial charge in [0.15, 0.2) is 0 Å². The first-order valence-electron chi connectivity index (χ1n) is 5.01. The van der Waals surface area contributed by atoms with Crippen LogP contribution in [0.15, 0.2) is 61.2 Å². The molecule has 0 heterocycles. The number of hydrogen-bond acceptors (Lipinski definition) is 2. The first-order chi connectivity index (χ1) is 7.74. The first-order valence-corrected chi connectivity index (χ1v) is 5.01. The fourth-order valence-electron chi connectivity index (χ4n) is 1.10. The Balaban J connectivity index is 0.000000160. The maximum absolute atomic E-state index is 5.39. The number of rotatable bonds is 1. The van der Waals surface area contributed by atoms with Gasteiger partial charge in [0.1, 0.15) is 0 Å². The number of benzene rings is 2. The van der Waals surface area contributed by atoms with Crippen molar-refractivity contribution >= 4 is 17.5 Å². The predicted molar refractivity (Wildman–Crippen MR) is 71.8 cm³/mol. The van der Waals surface area contributed by atoms with Gasteiger partial charge in [-0.15, -0.1) is 0 Å². The minimum Gasteiger partial charge on any atom is -0.397 e. The maximum atomic E-state index is 5.39. The van der Waals surface area contributed by atoms with E-state index in [0.717, 1.165) is 0 Å². The molecule has 2 heteroatoms. The third-order valence-electron chi connectivity index (χ3n) is 2.03. The Morgan fingerprint density at radius 2 is 1.19 bits per heavy atom. The SMILES string of the molecule is C=Cc1ccccc1.Nc1ccccc1N. The van der Waals surface area contributed by atoms with E-state index in [2.05, 4.69) is 6.58 Å². The smallest absolute Gasteiger partial charge is 0.0547 e. The van der Waals surface area contributed by atoms with Crippen molar-refractivity contribution in [3.05, 3.63) is 66.7 Å². The zero-order valence-corrected chi connectivity index (χ0v) is 9.14. The first kappa shape index (κ1) is 11.9. The van der Waals surface area contributed by atoms with Gasteiger partial charge < -0.3 is 11.5 Å². The summed E-state index contributed by atoms with van der Waals surface area (Å²) in [5.74, 6) is 0. The van der Waals surface area contributed by atoms with Crippen LogP contribution in [0.25, 0.3) is 6.08 Å². The average Bonchev–Trinajstić information content (AvgIpc) is 2.35. The molecule has 2 rings (SSSR count). The van der Waals surface area contributed by atoms with Crippen LogP contribution in [0.4, 0.5) is 11.4 Å². The molecule has 2 nitrogen and oxygen atoms in total. The lowest BCUT2D eigenvalue weighted by molar-refractivity contribution is 1.67. The van der Waals surface area contributed by atoms with Crippen LogP contribution in [-0.2, 0) is 0 Å². The summed E-state index contributed by atoms with van der Waals surface area (Å²) in [6.45, 7) is 3.63. The standard InChI is InChI=1S/C8H8.C6H8N2/c1-2-8-6-4-3-5-7-8;7-5-3-1-2-4-6(5)8/h2-7H,1H2;1-4H,7-8H2. The second kappa shape index (κ2) is 6.30. The lowest BCUT2D eigenvalue weighted by Crippen LogP contribution is -1.91. The van der Waals surface area contributed by atoms with Crippen LogP contribution in [0.1, 0.15) is 5.56 Å². The van der Waals surface area contributed by atoms with E-state index in [-0.39, 0.29) is 0 Å². The molecule has 4 N–H and O–H groups in total. The summed E-state index contributed by atoms with van der Waals surface area (Å²) in [5.41, 5.74) is 13.3. The Hall–Kier alpha value is -2.22. The van der Waals surface area contributed by atoms with Gasteiger partial charge in [-0.05, 0) is 17.7 Å². The Labute approximate surface area is 96.2 Å². The van der Waals surface area contributed by atoms with Crippen molar-refractivity contribution in [1.29, 1.82) is 0 Å². The molecule has 0 bridgehead atoms. The van der Waals surface area contributed by atoms with Crippen LogP contribution in [0, 0.1) is 0 Å². The van der Waals surface area contributed by atoms with Crippen LogP contribution in [0.2, 0.25) is 0 Å². The quantitative estimate of drug-likeness (QED) is 0.713. The molecule has 0 amide bonds. The molecular formula is C14H16N2. The molecule has 0 unspecified atom stereocenters. The van der Waals surface area contributed by atoms with E-state index in [1.54, 1.807) is 12.1 Å². The van der Waals surface area contributed by atoms with Crippen molar-refractivity contribution < 1.29 is 0 Å². The third kappa shape index (κ3) is 3.88. The highest BCUT2D eigenvalue weighted by Gasteiger charge is 1.85. The molecule has 16 heavy (non-hydrogen) atoms. The molecule has 0 aliphatic rings. The van der Waals surface area contributed by atoms with Crippen LogP contribution in [0.3, 0.4) is 0 Å². The van der Waals surface area contributed by atoms with Gasteiger partial charge in [0.05, 0.1) is 11.4 Å². The van der Waals surface area contributed by atoms with Gasteiger partial charge >= 0.3 is 0 Å². The number of para-hydroxylation sites is 2. The summed E-state index contributed by atoms with van der Waals surface area (Å²) in [7, 11) is 0. The van der Waals surface area contributed by atoms with Gasteiger partial charge in [0.25, 0.3) is 0 Å². The second-order valence-electron chi connectivity index (χ2n) is 3.24. The van der Waals surface area contributed by atoms with Crippen molar-refractivity contribution in [1.82, 2.24) is 0 Å². The Morgan fingerprint density at radius 1 is 0.750 bits per heavy atom. The molecular weight excluding hydrogens is 196 g/mol. The molecule has 0 aliphatic heterocycles. The van der Waals surface area contributed by atoms with E-state index in [1.807, 2.05) is 48.5 Å². The van der Waals surface area contributed by atoms with E-state index in [1.165, 1.54) is 5.56 Å². The molecule has 0 atom stereocenters. The molecule has 0 aromatic heterocycles. The second-order valence-corrected chi connectivity index (χ2v) is 3.24. The summed E-state index contributed by atoms with van der Waals surface area (Å²) in [4.78, 5) is 0. The molecule has 0 radical (unpaired) electrons. The van der Waals surface area contributed by atoms with Gasteiger partial charge in [0, 0.05) is 0 Å². The van der Waals surface area contributed by atoms with E-state index in [9.17, 15) is 0 Å². The van der Waals surface area contributed by atoms with Crippen LogP contribution in [-0.4, -0.2) is 0 Å². The van der Waals surface area contributed by atoms with Crippen LogP contribution in [0.5, 0.6) is 0 Å². The van der Waals surface area contributed by atoms with Gasteiger partial charge in [-0.25, -0.2) is 0 Å². The molecule has 2 aromatic rings. The van der Waals surface area contributed by atoms with E-state index in [4.69, 9.17) is 11.5 Å². The number of nitrogens with two attached hydrogens (primary N) is 2. The van der Waals surface area contributed by atoms with Crippen molar-refractivity contribution in [3.8, 4) is 0 Å². The van der Waals surface area contributed by atoms with Gasteiger partial charge in [-0.1, -0.05) is 55.1 Å². The van der Waals surface area contributed by atoms with E-state index < -0.39 is 0 Å².